The van der Waals surface area contributed by atoms with Crippen LogP contribution in [-0.2, 0) is 6.18 Å². The Kier molecular flexibility index (Phi) is 4.52. The molecule has 0 aliphatic rings. The van der Waals surface area contributed by atoms with Crippen LogP contribution in [0.15, 0.2) is 42.5 Å². The summed E-state index contributed by atoms with van der Waals surface area (Å²) in [5.74, 6) is 2.38. The Labute approximate surface area is 135 Å². The Bertz CT molecular complexity index is 797. The van der Waals surface area contributed by atoms with Gasteiger partial charge in [-0.05, 0) is 36.4 Å². The minimum atomic E-state index is -4.66. The largest absolute Gasteiger partial charge is 0.417 e. The molecule has 0 bridgehead atoms. The number of alkyl halides is 3. The van der Waals surface area contributed by atoms with E-state index in [4.69, 9.17) is 23.8 Å². The van der Waals surface area contributed by atoms with E-state index < -0.39 is 22.8 Å². The molecular formula is C16H10ClF3N2O. The van der Waals surface area contributed by atoms with E-state index in [2.05, 4.69) is 5.92 Å². The van der Waals surface area contributed by atoms with Crippen molar-refractivity contribution in [3.05, 3.63) is 58.6 Å². The van der Waals surface area contributed by atoms with Gasteiger partial charge in [-0.2, -0.15) is 13.2 Å². The molecule has 0 saturated heterocycles. The molecule has 7 heteroatoms. The van der Waals surface area contributed by atoms with E-state index in [1.807, 2.05) is 0 Å². The van der Waals surface area contributed by atoms with Crippen molar-refractivity contribution in [2.45, 2.75) is 6.18 Å². The van der Waals surface area contributed by atoms with Crippen molar-refractivity contribution in [1.82, 2.24) is 0 Å². The quantitative estimate of drug-likeness (QED) is 0.802. The van der Waals surface area contributed by atoms with Crippen molar-refractivity contribution >= 4 is 29.0 Å². The lowest BCUT2D eigenvalue weighted by Crippen LogP contribution is -2.31. The van der Waals surface area contributed by atoms with Crippen LogP contribution in [0.3, 0.4) is 0 Å². The average molecular weight is 339 g/mol. The predicted molar refractivity (Wildman–Crippen MR) is 82.6 cm³/mol. The highest BCUT2D eigenvalue weighted by molar-refractivity contribution is 6.31. The molecule has 2 amide bonds. The number of nitrogens with two attached hydrogens (primary N) is 1. The number of rotatable bonds is 2. The molecule has 2 aromatic rings. The lowest BCUT2D eigenvalue weighted by Gasteiger charge is -2.22. The minimum absolute atomic E-state index is 0.0663. The Morgan fingerprint density at radius 1 is 1.17 bits per heavy atom. The molecule has 0 saturated carbocycles. The summed E-state index contributed by atoms with van der Waals surface area (Å²) < 4.78 is 38.9. The van der Waals surface area contributed by atoms with Gasteiger partial charge in [-0.25, -0.2) is 4.79 Å². The summed E-state index contributed by atoms with van der Waals surface area (Å²) >= 11 is 5.58. The summed E-state index contributed by atoms with van der Waals surface area (Å²) in [6, 6.07) is 8.29. The molecule has 2 rings (SSSR count). The average Bonchev–Trinajstić information content (AvgIpc) is 2.48. The molecule has 0 heterocycles. The summed E-state index contributed by atoms with van der Waals surface area (Å²) in [7, 11) is 0. The molecule has 0 aliphatic heterocycles. The highest BCUT2D eigenvalue weighted by Crippen LogP contribution is 2.38. The fraction of sp³-hybridized carbons (Fsp3) is 0.0625. The number of carbonyl (C=O) groups excluding carboxylic acids is 1. The van der Waals surface area contributed by atoms with Crippen LogP contribution in [-0.4, -0.2) is 6.03 Å². The van der Waals surface area contributed by atoms with Gasteiger partial charge in [-0.15, -0.1) is 6.42 Å². The van der Waals surface area contributed by atoms with Crippen LogP contribution in [0, 0.1) is 12.3 Å². The van der Waals surface area contributed by atoms with E-state index in [0.29, 0.717) is 5.56 Å². The first kappa shape index (κ1) is 16.7. The third-order valence-electron chi connectivity index (χ3n) is 3.00. The summed E-state index contributed by atoms with van der Waals surface area (Å²) in [4.78, 5) is 12.7. The Hall–Kier alpha value is -2.65. The normalized spacial score (nSPS) is 10.9. The van der Waals surface area contributed by atoms with Gasteiger partial charge in [0.2, 0.25) is 0 Å². The maximum Gasteiger partial charge on any atom is 0.417 e. The minimum Gasteiger partial charge on any atom is -0.351 e. The number of hydrogen-bond acceptors (Lipinski definition) is 1. The summed E-state index contributed by atoms with van der Waals surface area (Å²) in [6.45, 7) is 0. The summed E-state index contributed by atoms with van der Waals surface area (Å²) in [5.41, 5.74) is 4.90. The number of terminal acetylenes is 1. The Balaban J connectivity index is 2.59. The van der Waals surface area contributed by atoms with Crippen LogP contribution < -0.4 is 10.6 Å². The first-order valence-electron chi connectivity index (χ1n) is 6.27. The molecule has 0 atom stereocenters. The smallest absolute Gasteiger partial charge is 0.351 e. The first-order valence-corrected chi connectivity index (χ1v) is 6.65. The second-order valence-electron chi connectivity index (χ2n) is 4.53. The molecule has 3 nitrogen and oxygen atoms in total. The molecule has 0 aliphatic carbocycles. The van der Waals surface area contributed by atoms with Crippen LogP contribution in [0.5, 0.6) is 0 Å². The van der Waals surface area contributed by atoms with E-state index in [-0.39, 0.29) is 11.4 Å². The maximum atomic E-state index is 13.0. The van der Waals surface area contributed by atoms with Gasteiger partial charge in [0.25, 0.3) is 0 Å². The molecule has 0 spiro atoms. The maximum absolute atomic E-state index is 13.0. The highest BCUT2D eigenvalue weighted by Gasteiger charge is 2.34. The first-order chi connectivity index (χ1) is 10.7. The van der Waals surface area contributed by atoms with Crippen LogP contribution in [0.25, 0.3) is 0 Å². The molecular weight excluding hydrogens is 329 g/mol. The SMILES string of the molecule is C#Cc1cccc(N(C(N)=O)c2ccc(Cl)c(C(F)(F)F)c2)c1. The van der Waals surface area contributed by atoms with Gasteiger partial charge < -0.3 is 5.73 Å². The van der Waals surface area contributed by atoms with Crippen molar-refractivity contribution in [3.8, 4) is 12.3 Å². The van der Waals surface area contributed by atoms with Gasteiger partial charge >= 0.3 is 12.2 Å². The zero-order chi connectivity index (χ0) is 17.2. The third-order valence-corrected chi connectivity index (χ3v) is 3.33. The number of amides is 2. The molecule has 2 N–H and O–H groups in total. The van der Waals surface area contributed by atoms with E-state index in [1.54, 1.807) is 12.1 Å². The second-order valence-corrected chi connectivity index (χ2v) is 4.94. The standard InChI is InChI=1S/C16H10ClF3N2O/c1-2-10-4-3-5-11(8-10)22(15(21)23)12-6-7-14(17)13(9-12)16(18,19)20/h1,3-9H,(H2,21,23). The van der Waals surface area contributed by atoms with E-state index in [1.165, 1.54) is 18.2 Å². The number of anilines is 2. The van der Waals surface area contributed by atoms with Crippen LogP contribution in [0.4, 0.5) is 29.3 Å². The monoisotopic (exact) mass is 338 g/mol. The van der Waals surface area contributed by atoms with Crippen molar-refractivity contribution in [2.75, 3.05) is 4.90 Å². The number of carbonyl (C=O) groups is 1. The number of urea groups is 1. The lowest BCUT2D eigenvalue weighted by molar-refractivity contribution is -0.137. The molecule has 0 radical (unpaired) electrons. The predicted octanol–water partition coefficient (Wildman–Crippen LogP) is 4.56. The number of nitrogens with zero attached hydrogens (tertiary/aromatic N) is 1. The lowest BCUT2D eigenvalue weighted by atomic mass is 10.1. The van der Waals surface area contributed by atoms with Crippen molar-refractivity contribution in [2.24, 2.45) is 5.73 Å². The molecule has 2 aromatic carbocycles. The second kappa shape index (κ2) is 6.23. The van der Waals surface area contributed by atoms with Crippen molar-refractivity contribution in [1.29, 1.82) is 0 Å². The number of primary amides is 1. The number of benzene rings is 2. The van der Waals surface area contributed by atoms with Gasteiger partial charge in [0, 0.05) is 5.56 Å². The molecule has 23 heavy (non-hydrogen) atoms. The summed E-state index contributed by atoms with van der Waals surface area (Å²) in [6.07, 6.45) is 0.628. The Morgan fingerprint density at radius 2 is 1.83 bits per heavy atom. The fourth-order valence-electron chi connectivity index (χ4n) is 2.01. The van der Waals surface area contributed by atoms with Gasteiger partial charge in [-0.1, -0.05) is 23.6 Å². The van der Waals surface area contributed by atoms with Crippen LogP contribution >= 0.6 is 11.6 Å². The zero-order valence-corrected chi connectivity index (χ0v) is 12.3. The van der Waals surface area contributed by atoms with Crippen molar-refractivity contribution in [3.63, 3.8) is 0 Å². The van der Waals surface area contributed by atoms with Crippen molar-refractivity contribution < 1.29 is 18.0 Å². The van der Waals surface area contributed by atoms with Gasteiger partial charge in [-0.3, -0.25) is 4.90 Å². The highest BCUT2D eigenvalue weighted by atomic mass is 35.5. The molecule has 0 unspecified atom stereocenters. The van der Waals surface area contributed by atoms with Crippen LogP contribution in [0.1, 0.15) is 11.1 Å². The third kappa shape index (κ3) is 3.58. The Morgan fingerprint density at radius 3 is 2.39 bits per heavy atom. The number of hydrogen-bond donors (Lipinski definition) is 1. The van der Waals surface area contributed by atoms with Gasteiger partial charge in [0.05, 0.1) is 22.0 Å². The topological polar surface area (TPSA) is 46.3 Å². The van der Waals surface area contributed by atoms with E-state index >= 15 is 0 Å². The van der Waals surface area contributed by atoms with E-state index in [0.717, 1.165) is 17.0 Å². The zero-order valence-electron chi connectivity index (χ0n) is 11.6. The molecule has 118 valence electrons. The van der Waals surface area contributed by atoms with E-state index in [9.17, 15) is 18.0 Å². The fourth-order valence-corrected chi connectivity index (χ4v) is 2.23. The number of halogens is 4. The van der Waals surface area contributed by atoms with Gasteiger partial charge in [0.15, 0.2) is 0 Å². The molecule has 0 fully saturated rings. The summed E-state index contributed by atoms with van der Waals surface area (Å²) in [5, 5.41) is -0.469. The molecule has 0 aromatic heterocycles. The van der Waals surface area contributed by atoms with Crippen LogP contribution in [0.2, 0.25) is 5.02 Å². The van der Waals surface area contributed by atoms with Gasteiger partial charge in [0.1, 0.15) is 0 Å².